The van der Waals surface area contributed by atoms with Gasteiger partial charge >= 0.3 is 7.68 Å². The molecule has 0 aliphatic carbocycles. The lowest BCUT2D eigenvalue weighted by Gasteiger charge is -2.18. The largest absolute Gasteiger partial charge is 0.378 e. The first-order valence-corrected chi connectivity index (χ1v) is 20.7. The molecule has 0 radical (unpaired) electrons. The Balaban J connectivity index is 3.59. The molecule has 1 unspecified atom stereocenters. The first-order valence-electron chi connectivity index (χ1n) is 19.4. The maximum atomic E-state index is 11.5. The molecule has 252 valence electrons. The van der Waals surface area contributed by atoms with Crippen LogP contribution in [0.1, 0.15) is 232 Å². The number of unbranched alkanes of at least 4 members (excludes halogenated alkanes) is 30. The maximum Gasteiger partial charge on any atom is 0.345 e. The predicted molar refractivity (Wildman–Crippen MR) is 186 cm³/mol. The second-order valence-electron chi connectivity index (χ2n) is 13.6. The average Bonchev–Trinajstić information content (AvgIpc) is 2.99. The van der Waals surface area contributed by atoms with E-state index in [-0.39, 0.29) is 5.92 Å². The van der Waals surface area contributed by atoms with Gasteiger partial charge in [-0.05, 0) is 18.8 Å². The van der Waals surface area contributed by atoms with E-state index in [9.17, 15) is 14.2 Å². The molecule has 0 heterocycles. The second-order valence-corrected chi connectivity index (χ2v) is 14.7. The molecule has 42 heavy (non-hydrogen) atoms. The van der Waals surface area contributed by atoms with Gasteiger partial charge in [-0.25, -0.2) is 9.13 Å². The van der Waals surface area contributed by atoms with Crippen molar-refractivity contribution in [3.63, 3.8) is 0 Å². The minimum atomic E-state index is -2.73. The van der Waals surface area contributed by atoms with Crippen molar-refractivity contribution in [2.24, 2.45) is 5.92 Å². The average molecular weight is 613 g/mol. The van der Waals surface area contributed by atoms with Gasteiger partial charge in [-0.3, -0.25) is 0 Å². The van der Waals surface area contributed by atoms with E-state index in [2.05, 4.69) is 13.8 Å². The number of aliphatic hydroxyl groups is 1. The molecule has 0 saturated heterocycles. The Kier molecular flexibility index (Phi) is 35.2. The zero-order chi connectivity index (χ0) is 30.8. The Morgan fingerprint density at radius 1 is 0.357 bits per heavy atom. The third-order valence-electron chi connectivity index (χ3n) is 9.49. The molecule has 0 aliphatic rings. The molecule has 3 nitrogen and oxygen atoms in total. The molecule has 0 fully saturated rings. The Morgan fingerprint density at radius 3 is 0.738 bits per heavy atom. The van der Waals surface area contributed by atoms with E-state index in [1.165, 1.54) is 193 Å². The first kappa shape index (κ1) is 41.9. The Bertz CT molecular complexity index is 533. The highest BCUT2D eigenvalue weighted by molar-refractivity contribution is 7.31. The highest BCUT2D eigenvalue weighted by atomic mass is 31.1. The fourth-order valence-electron chi connectivity index (χ4n) is 6.52. The Hall–Kier alpha value is -0.140. The van der Waals surface area contributed by atoms with Gasteiger partial charge in [-0.1, -0.05) is 219 Å². The summed E-state index contributed by atoms with van der Waals surface area (Å²) in [7, 11) is -2.73. The smallest absolute Gasteiger partial charge is 0.345 e. The summed E-state index contributed by atoms with van der Waals surface area (Å²) in [5.41, 5.74) is 0. The van der Waals surface area contributed by atoms with E-state index in [1.807, 2.05) is 0 Å². The fourth-order valence-corrected chi connectivity index (χ4v) is 7.17. The van der Waals surface area contributed by atoms with Gasteiger partial charge in [0.05, 0.1) is 0 Å². The molecular formula is C38H77O3P. The molecule has 0 rings (SSSR count). The molecule has 0 spiro atoms. The number of hydrogen-bond donors (Lipinski definition) is 1. The molecule has 1 N–H and O–H groups in total. The summed E-state index contributed by atoms with van der Waals surface area (Å²) in [6.45, 7) is 4.57. The lowest BCUT2D eigenvalue weighted by molar-refractivity contribution is 0.159. The molecule has 4 heteroatoms. The monoisotopic (exact) mass is 613 g/mol. The minimum Gasteiger partial charge on any atom is -0.378 e. The normalized spacial score (nSPS) is 12.4. The van der Waals surface area contributed by atoms with Gasteiger partial charge in [-0.15, -0.1) is 0 Å². The molecule has 0 aromatic heterocycles. The summed E-state index contributed by atoms with van der Waals surface area (Å²) in [6.07, 6.45) is 44.9. The Morgan fingerprint density at radius 2 is 0.548 bits per heavy atom. The summed E-state index contributed by atoms with van der Waals surface area (Å²) < 4.78 is 22.9. The lowest BCUT2D eigenvalue weighted by Crippen LogP contribution is -2.15. The van der Waals surface area contributed by atoms with Gasteiger partial charge in [0.25, 0.3) is 0 Å². The van der Waals surface area contributed by atoms with Gasteiger partial charge < -0.3 is 5.11 Å². The third-order valence-corrected chi connectivity index (χ3v) is 10.3. The van der Waals surface area contributed by atoms with Gasteiger partial charge in [0.15, 0.2) is 5.85 Å². The zero-order valence-electron chi connectivity index (χ0n) is 28.9. The van der Waals surface area contributed by atoms with E-state index in [1.54, 1.807) is 0 Å². The maximum absolute atomic E-state index is 11.5. The van der Waals surface area contributed by atoms with Crippen molar-refractivity contribution in [3.8, 4) is 0 Å². The fraction of sp³-hybridized carbons (Fsp3) is 1.00. The molecule has 0 bridgehead atoms. The quantitative estimate of drug-likeness (QED) is 0.0565. The predicted octanol–water partition coefficient (Wildman–Crippen LogP) is 14.4. The number of aliphatic hydroxyl groups excluding tert-OH is 1. The molecular weight excluding hydrogens is 535 g/mol. The minimum absolute atomic E-state index is 0.0654. The summed E-state index contributed by atoms with van der Waals surface area (Å²) in [5, 5.41) is 10.2. The summed E-state index contributed by atoms with van der Waals surface area (Å²) in [5.74, 6) is -1.21. The van der Waals surface area contributed by atoms with E-state index < -0.39 is 13.5 Å². The molecule has 0 aliphatic heterocycles. The molecule has 0 aromatic rings. The first-order chi connectivity index (χ1) is 20.6. The Labute approximate surface area is 265 Å². The highest BCUT2D eigenvalue weighted by Crippen LogP contribution is 2.30. The number of hydrogen-bond acceptors (Lipinski definition) is 3. The van der Waals surface area contributed by atoms with E-state index in [0.717, 1.165) is 25.7 Å². The van der Waals surface area contributed by atoms with E-state index >= 15 is 0 Å². The third kappa shape index (κ3) is 31.3. The molecule has 0 amide bonds. The molecule has 1 atom stereocenters. The van der Waals surface area contributed by atoms with Crippen molar-refractivity contribution in [2.75, 3.05) is 0 Å². The van der Waals surface area contributed by atoms with Crippen LogP contribution in [0.3, 0.4) is 0 Å². The molecule has 0 aromatic carbocycles. The highest BCUT2D eigenvalue weighted by Gasteiger charge is 2.23. The van der Waals surface area contributed by atoms with E-state index in [0.29, 0.717) is 0 Å². The van der Waals surface area contributed by atoms with Crippen LogP contribution in [0.2, 0.25) is 0 Å². The van der Waals surface area contributed by atoms with Crippen LogP contribution >= 0.6 is 7.68 Å². The van der Waals surface area contributed by atoms with Crippen LogP contribution < -0.4 is 0 Å². The summed E-state index contributed by atoms with van der Waals surface area (Å²) in [6, 6.07) is 0. The van der Waals surface area contributed by atoms with Gasteiger partial charge in [-0.2, -0.15) is 0 Å². The van der Waals surface area contributed by atoms with Crippen molar-refractivity contribution in [1.29, 1.82) is 0 Å². The van der Waals surface area contributed by atoms with E-state index in [4.69, 9.17) is 0 Å². The summed E-state index contributed by atoms with van der Waals surface area (Å²) in [4.78, 5) is 0. The van der Waals surface area contributed by atoms with Crippen molar-refractivity contribution in [1.82, 2.24) is 0 Å². The van der Waals surface area contributed by atoms with Crippen molar-refractivity contribution in [3.05, 3.63) is 0 Å². The van der Waals surface area contributed by atoms with Crippen molar-refractivity contribution in [2.45, 2.75) is 238 Å². The van der Waals surface area contributed by atoms with Crippen LogP contribution in [0.5, 0.6) is 0 Å². The van der Waals surface area contributed by atoms with Gasteiger partial charge in [0.1, 0.15) is 0 Å². The lowest BCUT2D eigenvalue weighted by atomic mass is 9.94. The van der Waals surface area contributed by atoms with Crippen LogP contribution in [-0.2, 0) is 9.13 Å². The SMILES string of the molecule is CCCCCCCCCCCCCCCCCCC(CCCCCCCCCCCCCCCCCC)C(O)P(=O)=O. The summed E-state index contributed by atoms with van der Waals surface area (Å²) >= 11 is 0. The van der Waals surface area contributed by atoms with Gasteiger partial charge in [0.2, 0.25) is 0 Å². The van der Waals surface area contributed by atoms with Crippen LogP contribution in [0, 0.1) is 5.92 Å². The zero-order valence-corrected chi connectivity index (χ0v) is 29.8. The second kappa shape index (κ2) is 35.3. The topological polar surface area (TPSA) is 54.4 Å². The van der Waals surface area contributed by atoms with Gasteiger partial charge in [0, 0.05) is 0 Å². The molecule has 0 saturated carbocycles. The standard InChI is InChI=1S/C38H77O3P/c1-3-5-7-9-11-13-15-17-19-21-23-25-27-29-31-33-35-37(38(39)42(40)41)36-34-32-30-28-26-24-22-20-18-16-14-12-10-8-6-4-2/h37-39H,3-36H2,1-2H3. The van der Waals surface area contributed by atoms with Crippen LogP contribution in [0.15, 0.2) is 0 Å². The van der Waals surface area contributed by atoms with Crippen molar-refractivity contribution < 1.29 is 14.2 Å². The van der Waals surface area contributed by atoms with Crippen molar-refractivity contribution >= 4 is 7.68 Å². The van der Waals surface area contributed by atoms with Crippen LogP contribution in [0.4, 0.5) is 0 Å². The van der Waals surface area contributed by atoms with Crippen LogP contribution in [-0.4, -0.2) is 11.0 Å². The number of rotatable bonds is 36. The van der Waals surface area contributed by atoms with Crippen LogP contribution in [0.25, 0.3) is 0 Å².